The number of benzene rings is 1. The number of aryl methyl sites for hydroxylation is 1. The molecule has 1 saturated heterocycles. The van der Waals surface area contributed by atoms with Gasteiger partial charge >= 0.3 is 0 Å². The Morgan fingerprint density at radius 3 is 2.56 bits per heavy atom. The summed E-state index contributed by atoms with van der Waals surface area (Å²) in [4.78, 5) is 17.0. The molecule has 0 bridgehead atoms. The normalized spacial score (nSPS) is 15.2. The van der Waals surface area contributed by atoms with Crippen molar-refractivity contribution in [1.82, 2.24) is 4.98 Å². The highest BCUT2D eigenvalue weighted by Gasteiger charge is 2.16. The first-order valence-electron chi connectivity index (χ1n) is 8.71. The van der Waals surface area contributed by atoms with Crippen molar-refractivity contribution in [3.8, 4) is 0 Å². The van der Waals surface area contributed by atoms with Crippen LogP contribution in [0.2, 0.25) is 0 Å². The minimum absolute atomic E-state index is 0.0470. The van der Waals surface area contributed by atoms with E-state index < -0.39 is 4.92 Å². The molecule has 2 heterocycles. The fourth-order valence-corrected chi connectivity index (χ4v) is 3.12. The fraction of sp³-hybridized carbons (Fsp3) is 0.421. The Morgan fingerprint density at radius 1 is 1.28 bits per heavy atom. The molecule has 2 aromatic rings. The molecule has 1 aromatic heterocycles. The van der Waals surface area contributed by atoms with Crippen LogP contribution in [0.25, 0.3) is 0 Å². The molecule has 0 aliphatic carbocycles. The second-order valence-electron chi connectivity index (χ2n) is 6.80. The Morgan fingerprint density at radius 2 is 1.96 bits per heavy atom. The van der Waals surface area contributed by atoms with Crippen molar-refractivity contribution in [2.75, 3.05) is 23.3 Å². The number of nitro groups is 1. The summed E-state index contributed by atoms with van der Waals surface area (Å²) in [5.41, 5.74) is 3.09. The predicted molar refractivity (Wildman–Crippen MR) is 100 cm³/mol. The van der Waals surface area contributed by atoms with Gasteiger partial charge in [0, 0.05) is 30.9 Å². The first kappa shape index (κ1) is 17.2. The lowest BCUT2D eigenvalue weighted by molar-refractivity contribution is -0.385. The van der Waals surface area contributed by atoms with Crippen molar-refractivity contribution in [3.63, 3.8) is 0 Å². The molecule has 132 valence electrons. The highest BCUT2D eigenvalue weighted by molar-refractivity contribution is 5.50. The van der Waals surface area contributed by atoms with Crippen molar-refractivity contribution in [2.45, 2.75) is 33.2 Å². The number of aromatic nitrogens is 1. The maximum absolute atomic E-state index is 10.8. The summed E-state index contributed by atoms with van der Waals surface area (Å²) in [6.07, 6.45) is 3.82. The van der Waals surface area contributed by atoms with Gasteiger partial charge in [-0.15, -0.1) is 0 Å². The quantitative estimate of drug-likeness (QED) is 0.654. The Labute approximate surface area is 148 Å². The van der Waals surface area contributed by atoms with Crippen LogP contribution in [-0.2, 0) is 6.54 Å². The number of hydrogen-bond donors (Lipinski definition) is 1. The van der Waals surface area contributed by atoms with Gasteiger partial charge in [-0.05, 0) is 49.4 Å². The molecule has 1 aromatic carbocycles. The van der Waals surface area contributed by atoms with Gasteiger partial charge in [0.2, 0.25) is 0 Å². The molecule has 0 amide bonds. The second kappa shape index (κ2) is 7.51. The lowest BCUT2D eigenvalue weighted by Gasteiger charge is -2.32. The van der Waals surface area contributed by atoms with Crippen LogP contribution in [0.5, 0.6) is 0 Å². The molecule has 6 nitrogen and oxygen atoms in total. The smallest absolute Gasteiger partial charge is 0.290 e. The Bertz CT molecular complexity index is 738. The van der Waals surface area contributed by atoms with Crippen molar-refractivity contribution >= 4 is 17.2 Å². The summed E-state index contributed by atoms with van der Waals surface area (Å²) in [6.45, 7) is 6.94. The largest absolute Gasteiger partial charge is 0.372 e. The van der Waals surface area contributed by atoms with Crippen molar-refractivity contribution in [3.05, 3.63) is 57.8 Å². The highest BCUT2D eigenvalue weighted by atomic mass is 16.6. The van der Waals surface area contributed by atoms with Crippen LogP contribution in [-0.4, -0.2) is 23.0 Å². The summed E-state index contributed by atoms with van der Waals surface area (Å²) in [6, 6.07) is 10.3. The molecule has 1 aliphatic rings. The van der Waals surface area contributed by atoms with Crippen LogP contribution in [0.4, 0.5) is 17.2 Å². The van der Waals surface area contributed by atoms with E-state index in [4.69, 9.17) is 0 Å². The molecule has 1 fully saturated rings. The monoisotopic (exact) mass is 340 g/mol. The van der Waals surface area contributed by atoms with Gasteiger partial charge in [0.15, 0.2) is 0 Å². The van der Waals surface area contributed by atoms with Gasteiger partial charge in [-0.2, -0.15) is 0 Å². The van der Waals surface area contributed by atoms with Gasteiger partial charge in [-0.3, -0.25) is 10.1 Å². The standard InChI is InChI=1S/C19H24N4O2/c1-14-7-9-22(10-8-14)17-5-3-16(4-6-17)12-20-19-11-15(2)18(13-21-19)23(24)25/h3-6,11,13-14H,7-10,12H2,1-2H3,(H,20,21). The van der Waals surface area contributed by atoms with E-state index in [9.17, 15) is 10.1 Å². The van der Waals surface area contributed by atoms with Crippen LogP contribution in [0.1, 0.15) is 30.9 Å². The van der Waals surface area contributed by atoms with Gasteiger partial charge in [0.05, 0.1) is 4.92 Å². The van der Waals surface area contributed by atoms with Crippen LogP contribution in [0.15, 0.2) is 36.5 Å². The van der Waals surface area contributed by atoms with E-state index in [0.717, 1.165) is 24.6 Å². The van der Waals surface area contributed by atoms with Gasteiger partial charge in [0.1, 0.15) is 12.0 Å². The highest BCUT2D eigenvalue weighted by Crippen LogP contribution is 2.24. The lowest BCUT2D eigenvalue weighted by atomic mass is 9.99. The van der Waals surface area contributed by atoms with Gasteiger partial charge in [-0.25, -0.2) is 4.98 Å². The van der Waals surface area contributed by atoms with Gasteiger partial charge in [0.25, 0.3) is 5.69 Å². The van der Waals surface area contributed by atoms with Crippen LogP contribution in [0.3, 0.4) is 0 Å². The summed E-state index contributed by atoms with van der Waals surface area (Å²) in [5, 5.41) is 14.1. The Balaban J connectivity index is 1.58. The summed E-state index contributed by atoms with van der Waals surface area (Å²) in [7, 11) is 0. The Hall–Kier alpha value is -2.63. The Kier molecular flexibility index (Phi) is 5.16. The van der Waals surface area contributed by atoms with E-state index in [1.165, 1.54) is 24.7 Å². The molecule has 0 saturated carbocycles. The van der Waals surface area contributed by atoms with Crippen molar-refractivity contribution in [2.24, 2.45) is 5.92 Å². The average molecular weight is 340 g/mol. The SMILES string of the molecule is Cc1cc(NCc2ccc(N3CCC(C)CC3)cc2)ncc1[N+](=O)[O-]. The topological polar surface area (TPSA) is 71.3 Å². The number of hydrogen-bond acceptors (Lipinski definition) is 5. The molecule has 6 heteroatoms. The third-order valence-electron chi connectivity index (χ3n) is 4.84. The van der Waals surface area contributed by atoms with Crippen LogP contribution < -0.4 is 10.2 Å². The third kappa shape index (κ3) is 4.26. The molecule has 0 spiro atoms. The number of nitrogens with zero attached hydrogens (tertiary/aromatic N) is 3. The molecule has 0 atom stereocenters. The molecule has 0 radical (unpaired) electrons. The summed E-state index contributed by atoms with van der Waals surface area (Å²) >= 11 is 0. The predicted octanol–water partition coefficient (Wildman–Crippen LogP) is 4.15. The third-order valence-corrected chi connectivity index (χ3v) is 4.84. The van der Waals surface area contributed by atoms with Crippen LogP contribution in [0, 0.1) is 23.0 Å². The van der Waals surface area contributed by atoms with Gasteiger partial charge < -0.3 is 10.2 Å². The summed E-state index contributed by atoms with van der Waals surface area (Å²) in [5.74, 6) is 1.48. The number of anilines is 2. The molecule has 0 unspecified atom stereocenters. The zero-order valence-corrected chi connectivity index (χ0v) is 14.7. The van der Waals surface area contributed by atoms with E-state index in [1.54, 1.807) is 13.0 Å². The van der Waals surface area contributed by atoms with E-state index in [1.807, 2.05) is 0 Å². The van der Waals surface area contributed by atoms with E-state index >= 15 is 0 Å². The number of rotatable bonds is 5. The van der Waals surface area contributed by atoms with Crippen molar-refractivity contribution in [1.29, 1.82) is 0 Å². The first-order chi connectivity index (χ1) is 12.0. The van der Waals surface area contributed by atoms with E-state index in [-0.39, 0.29) is 5.69 Å². The van der Waals surface area contributed by atoms with Crippen LogP contribution >= 0.6 is 0 Å². The molecule has 25 heavy (non-hydrogen) atoms. The maximum atomic E-state index is 10.8. The fourth-order valence-electron chi connectivity index (χ4n) is 3.12. The first-order valence-corrected chi connectivity index (χ1v) is 8.71. The van der Waals surface area contributed by atoms with E-state index in [2.05, 4.69) is 46.4 Å². The molecule has 1 aliphatic heterocycles. The number of nitrogens with one attached hydrogen (secondary N) is 1. The minimum atomic E-state index is -0.411. The van der Waals surface area contributed by atoms with E-state index in [0.29, 0.717) is 17.9 Å². The number of pyridine rings is 1. The lowest BCUT2D eigenvalue weighted by Crippen LogP contribution is -2.32. The molecule has 1 N–H and O–H groups in total. The minimum Gasteiger partial charge on any atom is -0.372 e. The van der Waals surface area contributed by atoms with Gasteiger partial charge in [-0.1, -0.05) is 19.1 Å². The second-order valence-corrected chi connectivity index (χ2v) is 6.80. The zero-order valence-electron chi connectivity index (χ0n) is 14.7. The molecular weight excluding hydrogens is 316 g/mol. The maximum Gasteiger partial charge on any atom is 0.290 e. The molecular formula is C19H24N4O2. The number of piperidine rings is 1. The average Bonchev–Trinajstić information content (AvgIpc) is 2.61. The zero-order chi connectivity index (χ0) is 17.8. The summed E-state index contributed by atoms with van der Waals surface area (Å²) < 4.78 is 0. The van der Waals surface area contributed by atoms with Crippen molar-refractivity contribution < 1.29 is 4.92 Å². The molecule has 3 rings (SSSR count).